The zero-order valence-corrected chi connectivity index (χ0v) is 11.0. The van der Waals surface area contributed by atoms with Gasteiger partial charge in [-0.15, -0.1) is 0 Å². The van der Waals surface area contributed by atoms with Gasteiger partial charge in [-0.25, -0.2) is 18.2 Å². The van der Waals surface area contributed by atoms with E-state index in [0.717, 1.165) is 4.57 Å². The molecule has 0 amide bonds. The molecule has 0 aliphatic rings. The van der Waals surface area contributed by atoms with E-state index in [1.165, 1.54) is 23.2 Å². The third-order valence-corrected chi connectivity index (χ3v) is 3.38. The molecule has 0 aliphatic heterocycles. The lowest BCUT2D eigenvalue weighted by atomic mass is 10.5. The van der Waals surface area contributed by atoms with E-state index < -0.39 is 22.0 Å². The average molecular weight is 272 g/mol. The van der Waals surface area contributed by atoms with Crippen molar-refractivity contribution in [3.05, 3.63) is 26.7 Å². The van der Waals surface area contributed by atoms with Crippen LogP contribution in [-0.4, -0.2) is 27.1 Å². The summed E-state index contributed by atoms with van der Waals surface area (Å²) in [5.41, 5.74) is -0.581. The summed E-state index contributed by atoms with van der Waals surface area (Å²) in [6, 6.07) is 0. The van der Waals surface area contributed by atoms with Gasteiger partial charge in [-0.05, 0) is 0 Å². The second-order valence-corrected chi connectivity index (χ2v) is 4.94. The van der Waals surface area contributed by atoms with Crippen LogP contribution in [0.5, 0.6) is 0 Å². The van der Waals surface area contributed by atoms with Gasteiger partial charge in [-0.2, -0.15) is 0 Å². The van der Waals surface area contributed by atoms with Crippen LogP contribution >= 0.6 is 0 Å². The highest BCUT2D eigenvalue weighted by molar-refractivity contribution is 7.71. The molecule has 2 aromatic rings. The van der Waals surface area contributed by atoms with Crippen LogP contribution < -0.4 is 11.2 Å². The Kier molecular flexibility index (Phi) is 2.85. The van der Waals surface area contributed by atoms with Crippen molar-refractivity contribution in [3.63, 3.8) is 0 Å². The molecule has 8 nitrogen and oxygen atoms in total. The predicted molar refractivity (Wildman–Crippen MR) is 65.2 cm³/mol. The van der Waals surface area contributed by atoms with Crippen molar-refractivity contribution in [2.75, 3.05) is 0 Å². The van der Waals surface area contributed by atoms with Crippen LogP contribution in [0.2, 0.25) is 0 Å². The molecular formula is C9H12N4O4S. The largest absolute Gasteiger partial charge is 0.332 e. The minimum atomic E-state index is -2.64. The molecule has 18 heavy (non-hydrogen) atoms. The molecule has 9 heteroatoms. The van der Waals surface area contributed by atoms with E-state index >= 15 is 0 Å². The second kappa shape index (κ2) is 4.09. The molecular weight excluding hydrogens is 260 g/mol. The molecule has 0 aliphatic carbocycles. The van der Waals surface area contributed by atoms with Crippen molar-refractivity contribution in [2.24, 2.45) is 21.1 Å². The summed E-state index contributed by atoms with van der Waals surface area (Å²) in [6.07, 6.45) is 0. The van der Waals surface area contributed by atoms with Gasteiger partial charge in [-0.3, -0.25) is 13.9 Å². The summed E-state index contributed by atoms with van der Waals surface area (Å²) >= 11 is 0. The standard InChI is InChI=1S/C9H12N4O4S/c1-11-5(4-18(16)17)10-7-6(11)8(14)13(3)9(15)12(7)2/h18H,4H2,1-3H3. The lowest BCUT2D eigenvalue weighted by Gasteiger charge is -2.03. The van der Waals surface area contributed by atoms with E-state index in [-0.39, 0.29) is 22.7 Å². The number of hydrogen-bond acceptors (Lipinski definition) is 5. The maximum atomic E-state index is 12.0. The lowest BCUT2D eigenvalue weighted by molar-refractivity contribution is 0.611. The molecule has 2 heterocycles. The van der Waals surface area contributed by atoms with E-state index in [1.807, 2.05) is 0 Å². The fourth-order valence-corrected chi connectivity index (χ4v) is 2.33. The van der Waals surface area contributed by atoms with Gasteiger partial charge in [0.25, 0.3) is 5.56 Å². The maximum Gasteiger partial charge on any atom is 0.332 e. The molecule has 0 aromatic carbocycles. The highest BCUT2D eigenvalue weighted by Crippen LogP contribution is 2.09. The molecule has 0 spiro atoms. The second-order valence-electron chi connectivity index (χ2n) is 3.96. The Morgan fingerprint density at radius 1 is 1.06 bits per heavy atom. The first-order valence-electron chi connectivity index (χ1n) is 5.07. The SMILES string of the molecule is Cn1c(=O)c2c(nc(C[SH](=O)=O)n2C)n(C)c1=O. The maximum absolute atomic E-state index is 12.0. The highest BCUT2D eigenvalue weighted by atomic mass is 32.2. The molecule has 2 aromatic heterocycles. The minimum Gasteiger partial charge on any atom is -0.324 e. The topological polar surface area (TPSA) is 96.0 Å². The number of aryl methyl sites for hydroxylation is 2. The third kappa shape index (κ3) is 1.67. The van der Waals surface area contributed by atoms with Crippen LogP contribution in [-0.2, 0) is 37.6 Å². The van der Waals surface area contributed by atoms with Gasteiger partial charge in [0.15, 0.2) is 11.2 Å². The molecule has 0 fully saturated rings. The number of aromatic nitrogens is 4. The summed E-state index contributed by atoms with van der Waals surface area (Å²) < 4.78 is 25.1. The Labute approximate surface area is 103 Å². The van der Waals surface area contributed by atoms with Crippen LogP contribution in [0, 0.1) is 0 Å². The van der Waals surface area contributed by atoms with E-state index in [4.69, 9.17) is 0 Å². The van der Waals surface area contributed by atoms with Crippen LogP contribution in [0.1, 0.15) is 5.82 Å². The molecule has 0 N–H and O–H groups in total. The summed E-state index contributed by atoms with van der Waals surface area (Å²) in [6.45, 7) is 0. The molecule has 98 valence electrons. The zero-order chi connectivity index (χ0) is 13.6. The van der Waals surface area contributed by atoms with Gasteiger partial charge >= 0.3 is 5.69 Å². The minimum absolute atomic E-state index is 0.192. The van der Waals surface area contributed by atoms with Crippen LogP contribution in [0.3, 0.4) is 0 Å². The molecule has 0 unspecified atom stereocenters. The fourth-order valence-electron chi connectivity index (χ4n) is 1.82. The first kappa shape index (κ1) is 12.6. The number of fused-ring (bicyclic) bond motifs is 1. The molecule has 2 rings (SSSR count). The van der Waals surface area contributed by atoms with E-state index in [0.29, 0.717) is 0 Å². The lowest BCUT2D eigenvalue weighted by Crippen LogP contribution is -2.37. The molecule has 0 radical (unpaired) electrons. The average Bonchev–Trinajstić information content (AvgIpc) is 2.61. The Hall–Kier alpha value is -1.90. The zero-order valence-electron chi connectivity index (χ0n) is 10.1. The molecule has 0 atom stereocenters. The summed E-state index contributed by atoms with van der Waals surface area (Å²) in [5.74, 6) is -0.0304. The summed E-state index contributed by atoms with van der Waals surface area (Å²) in [5, 5.41) is 0. The van der Waals surface area contributed by atoms with Crippen LogP contribution in [0.25, 0.3) is 11.2 Å². The van der Waals surface area contributed by atoms with E-state index in [2.05, 4.69) is 4.98 Å². The van der Waals surface area contributed by atoms with Crippen LogP contribution in [0.4, 0.5) is 0 Å². The number of rotatable bonds is 2. The normalized spacial score (nSPS) is 11.6. The number of imidazole rings is 1. The highest BCUT2D eigenvalue weighted by Gasteiger charge is 2.16. The van der Waals surface area contributed by atoms with Gasteiger partial charge in [0, 0.05) is 21.1 Å². The Balaban J connectivity index is 2.97. The first-order chi connectivity index (χ1) is 8.34. The number of hydrogen-bond donors (Lipinski definition) is 1. The van der Waals surface area contributed by atoms with Crippen molar-refractivity contribution in [1.29, 1.82) is 0 Å². The van der Waals surface area contributed by atoms with Gasteiger partial charge in [-0.1, -0.05) is 0 Å². The van der Waals surface area contributed by atoms with E-state index in [1.54, 1.807) is 7.05 Å². The summed E-state index contributed by atoms with van der Waals surface area (Å²) in [7, 11) is 1.76. The van der Waals surface area contributed by atoms with E-state index in [9.17, 15) is 18.0 Å². The third-order valence-electron chi connectivity index (χ3n) is 2.84. The number of thiol groups is 1. The molecule has 0 saturated heterocycles. The summed E-state index contributed by atoms with van der Waals surface area (Å²) in [4.78, 5) is 27.7. The fraction of sp³-hybridized carbons (Fsp3) is 0.444. The smallest absolute Gasteiger partial charge is 0.324 e. The Morgan fingerprint density at radius 2 is 1.67 bits per heavy atom. The predicted octanol–water partition coefficient (Wildman–Crippen LogP) is -1.92. The molecule has 0 bridgehead atoms. The molecule has 0 saturated carbocycles. The van der Waals surface area contributed by atoms with Crippen molar-refractivity contribution < 1.29 is 8.42 Å². The van der Waals surface area contributed by atoms with Gasteiger partial charge in [0.05, 0.1) is 0 Å². The van der Waals surface area contributed by atoms with Crippen molar-refractivity contribution >= 4 is 21.9 Å². The van der Waals surface area contributed by atoms with Gasteiger partial charge in [0.2, 0.25) is 0 Å². The van der Waals surface area contributed by atoms with Gasteiger partial charge in [0.1, 0.15) is 22.3 Å². The quantitative estimate of drug-likeness (QED) is 0.643. The van der Waals surface area contributed by atoms with Crippen LogP contribution in [0.15, 0.2) is 9.59 Å². The Morgan fingerprint density at radius 3 is 2.22 bits per heavy atom. The van der Waals surface area contributed by atoms with Crippen molar-refractivity contribution in [2.45, 2.75) is 5.75 Å². The monoisotopic (exact) mass is 272 g/mol. The van der Waals surface area contributed by atoms with Crippen molar-refractivity contribution in [1.82, 2.24) is 18.7 Å². The Bertz CT molecular complexity index is 816. The first-order valence-corrected chi connectivity index (χ1v) is 6.44. The number of nitrogens with zero attached hydrogens (tertiary/aromatic N) is 4. The van der Waals surface area contributed by atoms with Gasteiger partial charge < -0.3 is 4.57 Å². The van der Waals surface area contributed by atoms with Crippen molar-refractivity contribution in [3.8, 4) is 0 Å².